The number of amides is 3. The molecule has 1 aliphatic rings. The van der Waals surface area contributed by atoms with E-state index in [1.54, 1.807) is 17.0 Å². The van der Waals surface area contributed by atoms with Crippen LogP contribution in [0.2, 0.25) is 0 Å². The largest absolute Gasteiger partial charge is 0.508 e. The monoisotopic (exact) mass is 379 g/mol. The first kappa shape index (κ1) is 20.1. The van der Waals surface area contributed by atoms with Crippen LogP contribution in [-0.2, 0) is 20.8 Å². The molecule has 1 aromatic carbocycles. The maximum atomic E-state index is 12.3. The topological polar surface area (TPSA) is 98.7 Å². The number of nitrogens with zero attached hydrogens (tertiary/aromatic N) is 1. The quantitative estimate of drug-likeness (QED) is 0.642. The Morgan fingerprint density at radius 2 is 1.96 bits per heavy atom. The molecule has 0 aromatic heterocycles. The molecular formula is C18H25N3O4S. The van der Waals surface area contributed by atoms with Gasteiger partial charge in [0.1, 0.15) is 11.8 Å². The van der Waals surface area contributed by atoms with Crippen molar-refractivity contribution in [3.05, 3.63) is 29.8 Å². The van der Waals surface area contributed by atoms with Crippen LogP contribution in [0.15, 0.2) is 24.3 Å². The van der Waals surface area contributed by atoms with E-state index < -0.39 is 6.04 Å². The fourth-order valence-electron chi connectivity index (χ4n) is 3.04. The maximum Gasteiger partial charge on any atom is 0.242 e. The van der Waals surface area contributed by atoms with Gasteiger partial charge in [-0.1, -0.05) is 12.1 Å². The molecule has 2 rings (SSSR count). The third kappa shape index (κ3) is 5.39. The smallest absolute Gasteiger partial charge is 0.242 e. The van der Waals surface area contributed by atoms with Crippen molar-refractivity contribution in [1.82, 2.24) is 15.5 Å². The predicted octanol–water partition coefficient (Wildman–Crippen LogP) is 0.520. The third-order valence-corrected chi connectivity index (χ3v) is 4.74. The molecule has 0 radical (unpaired) electrons. The lowest BCUT2D eigenvalue weighted by Crippen LogP contribution is -2.46. The number of benzene rings is 1. The molecule has 1 fully saturated rings. The second kappa shape index (κ2) is 9.47. The number of likely N-dealkylation sites (tertiary alicyclic amines) is 1. The standard InChI is InChI=1S/C18H25N3O4S/c1-3-19-18(25)15-9-13(10-21(15)17(24)11-26-2)20-16(23)8-12-4-6-14(22)7-5-12/h4-7,13,15,22H,3,8-11H2,1-2H3,(H,19,25)(H,20,23). The Balaban J connectivity index is 1.98. The van der Waals surface area contributed by atoms with Gasteiger partial charge < -0.3 is 20.6 Å². The van der Waals surface area contributed by atoms with Crippen LogP contribution in [0.4, 0.5) is 0 Å². The molecule has 0 bridgehead atoms. The molecule has 0 aliphatic carbocycles. The maximum absolute atomic E-state index is 12.3. The van der Waals surface area contributed by atoms with Gasteiger partial charge in [0.15, 0.2) is 0 Å². The van der Waals surface area contributed by atoms with Crippen LogP contribution < -0.4 is 10.6 Å². The summed E-state index contributed by atoms with van der Waals surface area (Å²) in [4.78, 5) is 38.4. The molecule has 0 spiro atoms. The number of phenolic OH excluding ortho intramolecular Hbond substituents is 1. The van der Waals surface area contributed by atoms with Crippen LogP contribution in [0.25, 0.3) is 0 Å². The van der Waals surface area contributed by atoms with E-state index in [-0.39, 0.29) is 35.9 Å². The molecule has 7 nitrogen and oxygen atoms in total. The summed E-state index contributed by atoms with van der Waals surface area (Å²) in [7, 11) is 0. The van der Waals surface area contributed by atoms with Crippen LogP contribution in [0.1, 0.15) is 18.9 Å². The molecule has 1 aromatic rings. The minimum atomic E-state index is -0.548. The average molecular weight is 379 g/mol. The van der Waals surface area contributed by atoms with Crippen LogP contribution >= 0.6 is 11.8 Å². The Hall–Kier alpha value is -2.22. The summed E-state index contributed by atoms with van der Waals surface area (Å²) in [6.45, 7) is 2.66. The number of phenols is 1. The lowest BCUT2D eigenvalue weighted by molar-refractivity contribution is -0.136. The molecule has 3 N–H and O–H groups in total. The Morgan fingerprint density at radius 1 is 1.27 bits per heavy atom. The lowest BCUT2D eigenvalue weighted by atomic mass is 10.1. The minimum absolute atomic E-state index is 0.0935. The van der Waals surface area contributed by atoms with E-state index in [4.69, 9.17) is 0 Å². The summed E-state index contributed by atoms with van der Waals surface area (Å²) < 4.78 is 0. The van der Waals surface area contributed by atoms with E-state index in [1.165, 1.54) is 23.9 Å². The van der Waals surface area contributed by atoms with Crippen molar-refractivity contribution in [2.75, 3.05) is 25.1 Å². The van der Waals surface area contributed by atoms with Crippen molar-refractivity contribution in [2.45, 2.75) is 31.8 Å². The molecule has 1 heterocycles. The molecule has 2 unspecified atom stereocenters. The second-order valence-corrected chi connectivity index (χ2v) is 7.10. The summed E-state index contributed by atoms with van der Waals surface area (Å²) in [6, 6.07) is 5.65. The first-order chi connectivity index (χ1) is 12.4. The number of nitrogens with one attached hydrogen (secondary N) is 2. The molecule has 0 saturated carbocycles. The summed E-state index contributed by atoms with van der Waals surface area (Å²) in [5.41, 5.74) is 0.786. The van der Waals surface area contributed by atoms with Gasteiger partial charge in [-0.25, -0.2) is 0 Å². The van der Waals surface area contributed by atoms with Gasteiger partial charge in [-0.15, -0.1) is 0 Å². The van der Waals surface area contributed by atoms with Crippen molar-refractivity contribution in [3.8, 4) is 5.75 Å². The van der Waals surface area contributed by atoms with E-state index in [0.29, 0.717) is 25.3 Å². The van der Waals surface area contributed by atoms with Crippen LogP contribution in [0.5, 0.6) is 5.75 Å². The van der Waals surface area contributed by atoms with Crippen LogP contribution in [0, 0.1) is 0 Å². The Labute approximate surface area is 157 Å². The molecule has 142 valence electrons. The second-order valence-electron chi connectivity index (χ2n) is 6.23. The van der Waals surface area contributed by atoms with E-state index in [0.717, 1.165) is 5.56 Å². The van der Waals surface area contributed by atoms with E-state index >= 15 is 0 Å². The number of aromatic hydroxyl groups is 1. The number of thioether (sulfide) groups is 1. The minimum Gasteiger partial charge on any atom is -0.508 e. The fraction of sp³-hybridized carbons (Fsp3) is 0.500. The van der Waals surface area contributed by atoms with Gasteiger partial charge in [-0.2, -0.15) is 11.8 Å². The predicted molar refractivity (Wildman–Crippen MR) is 101 cm³/mol. The number of hydrogen-bond donors (Lipinski definition) is 3. The molecule has 26 heavy (non-hydrogen) atoms. The molecular weight excluding hydrogens is 354 g/mol. The Bertz CT molecular complexity index is 624. The van der Waals surface area contributed by atoms with Gasteiger partial charge in [0.05, 0.1) is 12.2 Å². The highest BCUT2D eigenvalue weighted by molar-refractivity contribution is 7.99. The van der Waals surface area contributed by atoms with Gasteiger partial charge in [0.25, 0.3) is 0 Å². The zero-order chi connectivity index (χ0) is 19.1. The van der Waals surface area contributed by atoms with Crippen molar-refractivity contribution in [3.63, 3.8) is 0 Å². The zero-order valence-electron chi connectivity index (χ0n) is 15.0. The van der Waals surface area contributed by atoms with Crippen molar-refractivity contribution >= 4 is 29.5 Å². The SMILES string of the molecule is CCNC(=O)C1CC(NC(=O)Cc2ccc(O)cc2)CN1C(=O)CSC. The first-order valence-electron chi connectivity index (χ1n) is 8.58. The summed E-state index contributed by atoms with van der Waals surface area (Å²) in [6.07, 6.45) is 2.43. The summed E-state index contributed by atoms with van der Waals surface area (Å²) >= 11 is 1.41. The first-order valence-corrected chi connectivity index (χ1v) is 9.97. The van der Waals surface area contributed by atoms with Gasteiger partial charge in [0.2, 0.25) is 17.7 Å². The Kier molecular flexibility index (Phi) is 7.32. The molecule has 2 atom stereocenters. The molecule has 3 amide bonds. The molecule has 1 saturated heterocycles. The zero-order valence-corrected chi connectivity index (χ0v) is 15.8. The van der Waals surface area contributed by atoms with Crippen LogP contribution in [0.3, 0.4) is 0 Å². The van der Waals surface area contributed by atoms with E-state index in [1.807, 2.05) is 13.2 Å². The number of rotatable bonds is 7. The highest BCUT2D eigenvalue weighted by atomic mass is 32.2. The third-order valence-electron chi connectivity index (χ3n) is 4.21. The summed E-state index contributed by atoms with van der Waals surface area (Å²) in [5.74, 6) is 0.0119. The highest BCUT2D eigenvalue weighted by Crippen LogP contribution is 2.20. The van der Waals surface area contributed by atoms with E-state index in [2.05, 4.69) is 10.6 Å². The number of carbonyl (C=O) groups is 3. The van der Waals surface area contributed by atoms with Crippen molar-refractivity contribution < 1.29 is 19.5 Å². The van der Waals surface area contributed by atoms with Crippen molar-refractivity contribution in [2.24, 2.45) is 0 Å². The van der Waals surface area contributed by atoms with Gasteiger partial charge in [0, 0.05) is 19.1 Å². The fourth-order valence-corrected chi connectivity index (χ4v) is 3.45. The summed E-state index contributed by atoms with van der Waals surface area (Å²) in [5, 5.41) is 15.0. The normalized spacial score (nSPS) is 19.2. The average Bonchev–Trinajstić information content (AvgIpc) is 3.01. The molecule has 1 aliphatic heterocycles. The van der Waals surface area contributed by atoms with Gasteiger partial charge in [-0.3, -0.25) is 14.4 Å². The number of likely N-dealkylation sites (N-methyl/N-ethyl adjacent to an activating group) is 1. The van der Waals surface area contributed by atoms with Crippen LogP contribution in [-0.4, -0.2) is 64.9 Å². The number of hydrogen-bond acceptors (Lipinski definition) is 5. The lowest BCUT2D eigenvalue weighted by Gasteiger charge is -2.23. The molecule has 8 heteroatoms. The van der Waals surface area contributed by atoms with Gasteiger partial charge in [-0.05, 0) is 37.3 Å². The van der Waals surface area contributed by atoms with Crippen molar-refractivity contribution in [1.29, 1.82) is 0 Å². The Morgan fingerprint density at radius 3 is 2.58 bits per heavy atom. The van der Waals surface area contributed by atoms with E-state index in [9.17, 15) is 19.5 Å². The number of carbonyl (C=O) groups excluding carboxylic acids is 3. The van der Waals surface area contributed by atoms with Gasteiger partial charge >= 0.3 is 0 Å². The highest BCUT2D eigenvalue weighted by Gasteiger charge is 2.39.